The molecule has 168 valence electrons. The number of hydrogen-bond acceptors (Lipinski definition) is 3. The number of ketones is 1. The number of nitrogens with one attached hydrogen (secondary N) is 1. The molecule has 4 heteroatoms. The van der Waals surface area contributed by atoms with E-state index in [2.05, 4.69) is 31.0 Å². The number of carbonyl (C=O) groups excluding carboxylic acids is 2. The van der Waals surface area contributed by atoms with Crippen molar-refractivity contribution in [2.24, 2.45) is 5.41 Å². The lowest BCUT2D eigenvalue weighted by molar-refractivity contribution is -0.123. The Kier molecular flexibility index (Phi) is 8.52. The van der Waals surface area contributed by atoms with Crippen molar-refractivity contribution in [3.8, 4) is 0 Å². The number of Topliss-reactive ketones (excluding diaryl/α,β-unsaturated/α-hetero) is 1. The van der Waals surface area contributed by atoms with Gasteiger partial charge in [0, 0.05) is 24.9 Å². The van der Waals surface area contributed by atoms with Gasteiger partial charge < -0.3 is 10.2 Å². The van der Waals surface area contributed by atoms with Gasteiger partial charge >= 0.3 is 0 Å². The second-order valence-corrected chi connectivity index (χ2v) is 10.0. The average molecular weight is 415 g/mol. The highest BCUT2D eigenvalue weighted by molar-refractivity contribution is 6.00. The van der Waals surface area contributed by atoms with Crippen molar-refractivity contribution in [2.75, 3.05) is 23.3 Å². The number of unbranched alkanes of at least 4 members (excludes halogenated alkanes) is 5. The van der Waals surface area contributed by atoms with Gasteiger partial charge in [-0.3, -0.25) is 9.59 Å². The molecule has 0 unspecified atom stereocenters. The van der Waals surface area contributed by atoms with Crippen LogP contribution in [0.25, 0.3) is 0 Å². The van der Waals surface area contributed by atoms with E-state index in [1.807, 2.05) is 20.8 Å². The van der Waals surface area contributed by atoms with Crippen molar-refractivity contribution in [3.63, 3.8) is 0 Å². The van der Waals surface area contributed by atoms with Crippen LogP contribution in [0.15, 0.2) is 0 Å². The maximum atomic E-state index is 12.9. The average Bonchev–Trinajstić information content (AvgIpc) is 3.08. The highest BCUT2D eigenvalue weighted by Crippen LogP contribution is 2.43. The highest BCUT2D eigenvalue weighted by atomic mass is 16.2. The molecule has 0 spiro atoms. The molecule has 30 heavy (non-hydrogen) atoms. The molecule has 0 radical (unpaired) electrons. The molecule has 1 aliphatic rings. The van der Waals surface area contributed by atoms with Gasteiger partial charge in [0.2, 0.25) is 5.91 Å². The van der Waals surface area contributed by atoms with E-state index in [9.17, 15) is 9.59 Å². The molecule has 1 aliphatic heterocycles. The van der Waals surface area contributed by atoms with Crippen LogP contribution >= 0.6 is 0 Å². The SMILES string of the molecule is CCCCCCCCN1CCc2c(C)c(CC(C)=O)c(C)c(NC(=O)C(C)(C)C)c21. The number of amides is 1. The summed E-state index contributed by atoms with van der Waals surface area (Å²) in [6.45, 7) is 15.9. The Morgan fingerprint density at radius 3 is 2.23 bits per heavy atom. The fourth-order valence-electron chi connectivity index (χ4n) is 4.41. The molecular formula is C26H42N2O2. The molecule has 1 N–H and O–H groups in total. The third-order valence-electron chi connectivity index (χ3n) is 6.33. The second kappa shape index (κ2) is 10.5. The minimum absolute atomic E-state index is 0.0249. The molecule has 0 saturated heterocycles. The monoisotopic (exact) mass is 414 g/mol. The lowest BCUT2D eigenvalue weighted by Gasteiger charge is -2.28. The minimum Gasteiger partial charge on any atom is -0.369 e. The zero-order valence-corrected chi connectivity index (χ0v) is 20.3. The number of carbonyl (C=O) groups is 2. The van der Waals surface area contributed by atoms with E-state index >= 15 is 0 Å². The van der Waals surface area contributed by atoms with Gasteiger partial charge in [-0.2, -0.15) is 0 Å². The van der Waals surface area contributed by atoms with Crippen LogP contribution in [0.4, 0.5) is 11.4 Å². The van der Waals surface area contributed by atoms with Crippen LogP contribution in [0.3, 0.4) is 0 Å². The Hall–Kier alpha value is -1.84. The smallest absolute Gasteiger partial charge is 0.229 e. The Balaban J connectivity index is 2.34. The van der Waals surface area contributed by atoms with Gasteiger partial charge in [0.15, 0.2) is 0 Å². The zero-order valence-electron chi connectivity index (χ0n) is 20.3. The van der Waals surface area contributed by atoms with E-state index in [0.717, 1.165) is 36.3 Å². The topological polar surface area (TPSA) is 49.4 Å². The van der Waals surface area contributed by atoms with Crippen molar-refractivity contribution >= 4 is 23.1 Å². The van der Waals surface area contributed by atoms with Crippen LogP contribution < -0.4 is 10.2 Å². The normalized spacial score (nSPS) is 13.5. The standard InChI is InChI=1S/C26H42N2O2/c1-8-9-10-11-12-13-15-28-16-14-21-19(3)22(17-18(2)29)20(4)23(24(21)28)27-25(30)26(5,6)7/h8-17H2,1-7H3,(H,27,30). The summed E-state index contributed by atoms with van der Waals surface area (Å²) in [6, 6.07) is 0. The molecule has 4 nitrogen and oxygen atoms in total. The van der Waals surface area contributed by atoms with Gasteiger partial charge in [-0.15, -0.1) is 0 Å². The molecule has 1 aromatic rings. The number of hydrogen-bond donors (Lipinski definition) is 1. The highest BCUT2D eigenvalue weighted by Gasteiger charge is 2.31. The quantitative estimate of drug-likeness (QED) is 0.468. The van der Waals surface area contributed by atoms with E-state index in [1.54, 1.807) is 6.92 Å². The van der Waals surface area contributed by atoms with Crippen molar-refractivity contribution in [3.05, 3.63) is 22.3 Å². The van der Waals surface area contributed by atoms with Crippen molar-refractivity contribution in [2.45, 2.75) is 99.8 Å². The lowest BCUT2D eigenvalue weighted by Crippen LogP contribution is -2.30. The molecule has 0 saturated carbocycles. The van der Waals surface area contributed by atoms with E-state index in [4.69, 9.17) is 0 Å². The molecule has 1 heterocycles. The fourth-order valence-corrected chi connectivity index (χ4v) is 4.41. The predicted molar refractivity (Wildman–Crippen MR) is 128 cm³/mol. The maximum absolute atomic E-state index is 12.9. The van der Waals surface area contributed by atoms with E-state index in [1.165, 1.54) is 55.3 Å². The minimum atomic E-state index is -0.465. The van der Waals surface area contributed by atoms with Crippen LogP contribution in [0.1, 0.15) is 95.4 Å². The van der Waals surface area contributed by atoms with Gasteiger partial charge in [0.05, 0.1) is 11.4 Å². The van der Waals surface area contributed by atoms with Gasteiger partial charge in [-0.1, -0.05) is 59.8 Å². The van der Waals surface area contributed by atoms with Crippen LogP contribution in [-0.2, 0) is 22.4 Å². The molecule has 0 aliphatic carbocycles. The summed E-state index contributed by atoms with van der Waals surface area (Å²) in [5, 5.41) is 3.25. The zero-order chi connectivity index (χ0) is 22.5. The molecular weight excluding hydrogens is 372 g/mol. The number of benzene rings is 1. The molecule has 0 bridgehead atoms. The predicted octanol–water partition coefficient (Wildman–Crippen LogP) is 6.14. The number of rotatable bonds is 10. The molecule has 0 atom stereocenters. The van der Waals surface area contributed by atoms with Gasteiger partial charge in [0.25, 0.3) is 0 Å². The number of fused-ring (bicyclic) bond motifs is 1. The summed E-state index contributed by atoms with van der Waals surface area (Å²) in [5.74, 6) is 0.188. The first-order valence-electron chi connectivity index (χ1n) is 11.8. The summed E-state index contributed by atoms with van der Waals surface area (Å²) >= 11 is 0. The molecule has 0 aromatic heterocycles. The molecule has 1 aromatic carbocycles. The summed E-state index contributed by atoms with van der Waals surface area (Å²) < 4.78 is 0. The first-order valence-corrected chi connectivity index (χ1v) is 11.8. The second-order valence-electron chi connectivity index (χ2n) is 10.0. The van der Waals surface area contributed by atoms with Gasteiger partial charge in [0.1, 0.15) is 5.78 Å². The van der Waals surface area contributed by atoms with Crippen LogP contribution in [0.2, 0.25) is 0 Å². The molecule has 2 rings (SSSR count). The Bertz CT molecular complexity index is 774. The third-order valence-corrected chi connectivity index (χ3v) is 6.33. The van der Waals surface area contributed by atoms with E-state index < -0.39 is 5.41 Å². The maximum Gasteiger partial charge on any atom is 0.229 e. The lowest BCUT2D eigenvalue weighted by atomic mass is 9.90. The van der Waals surface area contributed by atoms with Crippen LogP contribution in [0.5, 0.6) is 0 Å². The van der Waals surface area contributed by atoms with Crippen LogP contribution in [0, 0.1) is 19.3 Å². The fraction of sp³-hybridized carbons (Fsp3) is 0.692. The van der Waals surface area contributed by atoms with E-state index in [0.29, 0.717) is 6.42 Å². The van der Waals surface area contributed by atoms with Gasteiger partial charge in [-0.25, -0.2) is 0 Å². The first kappa shape index (κ1) is 24.4. The van der Waals surface area contributed by atoms with Crippen molar-refractivity contribution in [1.29, 1.82) is 0 Å². The molecule has 0 fully saturated rings. The van der Waals surface area contributed by atoms with Crippen molar-refractivity contribution in [1.82, 2.24) is 0 Å². The number of anilines is 2. The number of nitrogens with zero attached hydrogens (tertiary/aromatic N) is 1. The first-order chi connectivity index (χ1) is 14.1. The third kappa shape index (κ3) is 5.86. The summed E-state index contributed by atoms with van der Waals surface area (Å²) in [4.78, 5) is 27.3. The van der Waals surface area contributed by atoms with Crippen molar-refractivity contribution < 1.29 is 9.59 Å². The van der Waals surface area contributed by atoms with Crippen LogP contribution in [-0.4, -0.2) is 24.8 Å². The summed E-state index contributed by atoms with van der Waals surface area (Å²) in [6.07, 6.45) is 9.09. The Labute approximate surface area is 183 Å². The largest absolute Gasteiger partial charge is 0.369 e. The Morgan fingerprint density at radius 1 is 1.00 bits per heavy atom. The van der Waals surface area contributed by atoms with E-state index in [-0.39, 0.29) is 11.7 Å². The summed E-state index contributed by atoms with van der Waals surface area (Å²) in [7, 11) is 0. The Morgan fingerprint density at radius 2 is 1.63 bits per heavy atom. The van der Waals surface area contributed by atoms with Gasteiger partial charge in [-0.05, 0) is 55.9 Å². The molecule has 1 amide bonds. The summed E-state index contributed by atoms with van der Waals surface area (Å²) in [5.41, 5.74) is 6.34.